The Kier molecular flexibility index (Phi) is 7.36. The monoisotopic (exact) mass is 509 g/mol. The predicted octanol–water partition coefficient (Wildman–Crippen LogP) is 4.74. The van der Waals surface area contributed by atoms with Crippen LogP contribution < -0.4 is 8.35 Å². The zero-order valence-electron chi connectivity index (χ0n) is 15.2. The Bertz CT molecular complexity index is 1020. The van der Waals surface area contributed by atoms with Gasteiger partial charge in [0.05, 0.1) is 0 Å². The topological polar surface area (TPSA) is 21.6 Å². The first-order chi connectivity index (χ1) is 14.0. The van der Waals surface area contributed by atoms with Gasteiger partial charge in [0, 0.05) is 0 Å². The summed E-state index contributed by atoms with van der Waals surface area (Å²) >= 11 is -1.67. The number of hydrogen-bond donors (Lipinski definition) is 0. The van der Waals surface area contributed by atoms with Crippen LogP contribution >= 0.6 is 0 Å². The molecule has 2 nitrogen and oxygen atoms in total. The third-order valence-electron chi connectivity index (χ3n) is 3.60. The normalized spacial score (nSPS) is 11.5. The van der Waals surface area contributed by atoms with Crippen LogP contribution in [0.5, 0.6) is 5.75 Å². The molecule has 3 rings (SSSR count). The van der Waals surface area contributed by atoms with Crippen molar-refractivity contribution in [3.8, 4) is 17.6 Å². The molecule has 0 amide bonds. The molecule has 0 saturated heterocycles. The molecule has 0 N–H and O–H groups in total. The van der Waals surface area contributed by atoms with Crippen LogP contribution in [0.15, 0.2) is 89.9 Å². The fourth-order valence-electron chi connectivity index (χ4n) is 2.30. The van der Waals surface area contributed by atoms with Gasteiger partial charge in [-0.1, -0.05) is 0 Å². The molecule has 0 spiro atoms. The van der Waals surface area contributed by atoms with Crippen molar-refractivity contribution < 1.29 is 17.9 Å². The molecule has 0 saturated carbocycles. The van der Waals surface area contributed by atoms with Crippen LogP contribution in [0.3, 0.4) is 0 Å². The predicted molar refractivity (Wildman–Crippen MR) is 110 cm³/mol. The number of aliphatic imine (C=N–C) groups is 1. The van der Waals surface area contributed by atoms with Crippen LogP contribution in [0.1, 0.15) is 5.56 Å². The van der Waals surface area contributed by atoms with Crippen LogP contribution in [0, 0.1) is 11.8 Å². The van der Waals surface area contributed by atoms with Crippen LogP contribution in [-0.2, 0) is 0 Å². The number of nitrogens with zero attached hydrogens (tertiary/aromatic N) is 1. The van der Waals surface area contributed by atoms with Gasteiger partial charge in [0.15, 0.2) is 0 Å². The number of halogens is 3. The minimum atomic E-state index is -4.48. The van der Waals surface area contributed by atoms with Crippen LogP contribution in [0.2, 0.25) is 0 Å². The van der Waals surface area contributed by atoms with Gasteiger partial charge in [0.1, 0.15) is 0 Å². The Morgan fingerprint density at radius 3 is 2.17 bits per heavy atom. The number of benzene rings is 3. The van der Waals surface area contributed by atoms with Crippen molar-refractivity contribution in [3.05, 3.63) is 90.5 Å². The van der Waals surface area contributed by atoms with E-state index in [4.69, 9.17) is 4.74 Å². The molecule has 0 heterocycles. The molecule has 0 unspecified atom stereocenters. The molecule has 3 aromatic rings. The van der Waals surface area contributed by atoms with Gasteiger partial charge >= 0.3 is 178 Å². The summed E-state index contributed by atoms with van der Waals surface area (Å²) in [6.07, 6.45) is -4.48. The van der Waals surface area contributed by atoms with E-state index in [-0.39, 0.29) is 12.3 Å². The molecule has 0 aliphatic carbocycles. The first kappa shape index (κ1) is 21.0. The molecule has 0 bridgehead atoms. The quantitative estimate of drug-likeness (QED) is 0.278. The number of ether oxygens (including phenoxy) is 1. The first-order valence-electron chi connectivity index (χ1n) is 8.67. The van der Waals surface area contributed by atoms with E-state index in [9.17, 15) is 13.2 Å². The SMILES string of the molecule is FC(F)(F)C(=Nc1ccccc1C#CCOc1ccccc1)[Te]c1ccccc1. The van der Waals surface area contributed by atoms with E-state index in [2.05, 4.69) is 16.8 Å². The van der Waals surface area contributed by atoms with E-state index in [1.165, 1.54) is 0 Å². The third kappa shape index (κ3) is 6.68. The molecule has 0 aliphatic rings. The zero-order valence-corrected chi connectivity index (χ0v) is 17.5. The van der Waals surface area contributed by atoms with Crippen LogP contribution in [-0.4, -0.2) is 37.5 Å². The van der Waals surface area contributed by atoms with Crippen molar-refractivity contribution in [2.45, 2.75) is 6.18 Å². The van der Waals surface area contributed by atoms with Crippen molar-refractivity contribution in [1.82, 2.24) is 0 Å². The van der Waals surface area contributed by atoms with Gasteiger partial charge in [-0.15, -0.1) is 0 Å². The minimum absolute atomic E-state index is 0.131. The van der Waals surface area contributed by atoms with Gasteiger partial charge in [-0.3, -0.25) is 0 Å². The summed E-state index contributed by atoms with van der Waals surface area (Å²) in [6.45, 7) is 0.131. The number of para-hydroxylation sites is 2. The van der Waals surface area contributed by atoms with E-state index >= 15 is 0 Å². The zero-order chi connectivity index (χ0) is 20.5. The Hall–Kier alpha value is -2.73. The number of hydrogen-bond acceptors (Lipinski definition) is 2. The second-order valence-electron chi connectivity index (χ2n) is 5.75. The molecule has 0 radical (unpaired) electrons. The summed E-state index contributed by atoms with van der Waals surface area (Å²) in [7, 11) is 0. The summed E-state index contributed by atoms with van der Waals surface area (Å²) in [5.41, 5.74) is 0.652. The maximum atomic E-state index is 13.6. The second-order valence-corrected chi connectivity index (χ2v) is 8.78. The molecule has 29 heavy (non-hydrogen) atoms. The molecule has 6 heteroatoms. The van der Waals surface area contributed by atoms with Crippen molar-refractivity contribution in [2.24, 2.45) is 4.99 Å². The summed E-state index contributed by atoms with van der Waals surface area (Å²) in [5.74, 6) is 6.39. The Morgan fingerprint density at radius 2 is 1.48 bits per heavy atom. The molecule has 0 atom stereocenters. The van der Waals surface area contributed by atoms with Gasteiger partial charge < -0.3 is 0 Å². The van der Waals surface area contributed by atoms with Crippen LogP contribution in [0.4, 0.5) is 18.9 Å². The molecule has 3 aromatic carbocycles. The van der Waals surface area contributed by atoms with E-state index in [0.717, 1.165) is 0 Å². The maximum absolute atomic E-state index is 13.6. The number of rotatable bonds is 5. The standard InChI is InChI=1S/C23H16F3NOTe/c24-23(25,26)22(29-20-14-5-2-6-15-20)27-21-16-8-7-10-18(21)11-9-17-28-19-12-3-1-4-13-19/h1-8,10,12-16H,17H2. The van der Waals surface area contributed by atoms with Gasteiger partial charge in [0.25, 0.3) is 0 Å². The van der Waals surface area contributed by atoms with E-state index in [0.29, 0.717) is 14.9 Å². The molecule has 0 aromatic heterocycles. The van der Waals surface area contributed by atoms with E-state index < -0.39 is 30.9 Å². The average Bonchev–Trinajstić information content (AvgIpc) is 2.72. The van der Waals surface area contributed by atoms with Gasteiger partial charge in [-0.05, 0) is 0 Å². The average molecular weight is 507 g/mol. The Labute approximate surface area is 177 Å². The summed E-state index contributed by atoms with van der Waals surface area (Å²) in [6, 6.07) is 24.4. The van der Waals surface area contributed by atoms with Gasteiger partial charge in [0.2, 0.25) is 0 Å². The Balaban J connectivity index is 1.81. The fourth-order valence-corrected chi connectivity index (χ4v) is 4.51. The van der Waals surface area contributed by atoms with Crippen molar-refractivity contribution in [1.29, 1.82) is 0 Å². The molecule has 0 fully saturated rings. The summed E-state index contributed by atoms with van der Waals surface area (Å²) < 4.78 is 46.1. The molecular weight excluding hydrogens is 491 g/mol. The molecular formula is C23H16F3NOTe. The third-order valence-corrected chi connectivity index (χ3v) is 6.53. The van der Waals surface area contributed by atoms with Crippen molar-refractivity contribution >= 4 is 34.0 Å². The number of alkyl halides is 3. The Morgan fingerprint density at radius 1 is 0.862 bits per heavy atom. The van der Waals surface area contributed by atoms with Crippen molar-refractivity contribution in [2.75, 3.05) is 6.61 Å². The second kappa shape index (κ2) is 10.2. The summed E-state index contributed by atoms with van der Waals surface area (Å²) in [4.78, 5) is 3.97. The van der Waals surface area contributed by atoms with Gasteiger partial charge in [-0.2, -0.15) is 0 Å². The molecule has 0 aliphatic heterocycles. The van der Waals surface area contributed by atoms with Crippen molar-refractivity contribution in [3.63, 3.8) is 0 Å². The summed E-state index contributed by atoms with van der Waals surface area (Å²) in [5, 5.41) is 0. The van der Waals surface area contributed by atoms with E-state index in [1.54, 1.807) is 54.6 Å². The van der Waals surface area contributed by atoms with Gasteiger partial charge in [-0.25, -0.2) is 0 Å². The molecule has 146 valence electrons. The fraction of sp³-hybridized carbons (Fsp3) is 0.0870. The first-order valence-corrected chi connectivity index (χ1v) is 11.0. The van der Waals surface area contributed by atoms with E-state index in [1.807, 2.05) is 30.3 Å². The van der Waals surface area contributed by atoms with Crippen LogP contribution in [0.25, 0.3) is 0 Å².